The van der Waals surface area contributed by atoms with Gasteiger partial charge in [-0.25, -0.2) is 0 Å². The number of hydrogen-bond acceptors (Lipinski definition) is 4. The Balaban J connectivity index is 1.61. The number of nitrogens with one attached hydrogen (secondary N) is 2. The number of aliphatic hydroxyl groups is 1. The maximum Gasteiger partial charge on any atom is 0.272 e. The first-order valence-corrected chi connectivity index (χ1v) is 9.98. The van der Waals surface area contributed by atoms with Crippen LogP contribution in [0.5, 0.6) is 0 Å². The fourth-order valence-corrected chi connectivity index (χ4v) is 3.72. The Morgan fingerprint density at radius 3 is 2.74 bits per heavy atom. The minimum absolute atomic E-state index is 0.104. The summed E-state index contributed by atoms with van der Waals surface area (Å²) in [6.45, 7) is 8.59. The molecule has 2 heterocycles. The zero-order valence-electron chi connectivity index (χ0n) is 16.8. The summed E-state index contributed by atoms with van der Waals surface area (Å²) in [6, 6.07) is 8.61. The van der Waals surface area contributed by atoms with Gasteiger partial charge in [-0.1, -0.05) is 18.2 Å². The molecule has 1 fully saturated rings. The van der Waals surface area contributed by atoms with Gasteiger partial charge in [0.05, 0.1) is 11.1 Å². The fraction of sp³-hybridized carbons (Fsp3) is 0.619. The Hall–Kier alpha value is -1.92. The topological polar surface area (TPSA) is 79.2 Å². The minimum atomic E-state index is -0.622. The van der Waals surface area contributed by atoms with Crippen LogP contribution in [0.1, 0.15) is 69.9 Å². The Kier molecular flexibility index (Phi) is 5.86. The van der Waals surface area contributed by atoms with Crippen molar-refractivity contribution in [2.24, 2.45) is 0 Å². The van der Waals surface area contributed by atoms with Gasteiger partial charge in [-0.15, -0.1) is 0 Å². The molecular formula is C21H32N4O2. The van der Waals surface area contributed by atoms with Gasteiger partial charge in [-0.2, -0.15) is 5.10 Å². The van der Waals surface area contributed by atoms with Crippen LogP contribution in [0.25, 0.3) is 10.9 Å². The molecule has 1 aromatic heterocycles. The predicted octanol–water partition coefficient (Wildman–Crippen LogP) is 3.02. The molecule has 0 radical (unpaired) electrons. The Morgan fingerprint density at radius 2 is 2.11 bits per heavy atom. The SMILES string of the molecule is CC(C)n1nc(C(=O)N[C@@H]2CC[C@H](CCC(C)(C)O)NC2)c2ccccc21. The summed E-state index contributed by atoms with van der Waals surface area (Å²) in [4.78, 5) is 12.9. The molecule has 1 amide bonds. The number of hydrogen-bond donors (Lipinski definition) is 3. The van der Waals surface area contributed by atoms with E-state index >= 15 is 0 Å². The zero-order valence-corrected chi connectivity index (χ0v) is 16.8. The average Bonchev–Trinajstić information content (AvgIpc) is 3.00. The highest BCUT2D eigenvalue weighted by molar-refractivity contribution is 6.05. The van der Waals surface area contributed by atoms with Crippen LogP contribution >= 0.6 is 0 Å². The largest absolute Gasteiger partial charge is 0.390 e. The van der Waals surface area contributed by atoms with Gasteiger partial charge < -0.3 is 15.7 Å². The van der Waals surface area contributed by atoms with Crippen molar-refractivity contribution in [1.82, 2.24) is 20.4 Å². The molecule has 6 nitrogen and oxygen atoms in total. The second kappa shape index (κ2) is 7.98. The molecule has 0 spiro atoms. The van der Waals surface area contributed by atoms with Gasteiger partial charge in [0, 0.05) is 30.1 Å². The molecule has 1 aliphatic rings. The van der Waals surface area contributed by atoms with Gasteiger partial charge in [-0.05, 0) is 59.4 Å². The molecule has 2 aromatic rings. The predicted molar refractivity (Wildman–Crippen MR) is 108 cm³/mol. The monoisotopic (exact) mass is 372 g/mol. The van der Waals surface area contributed by atoms with Crippen molar-refractivity contribution >= 4 is 16.8 Å². The number of nitrogens with zero attached hydrogens (tertiary/aromatic N) is 2. The quantitative estimate of drug-likeness (QED) is 0.728. The lowest BCUT2D eigenvalue weighted by Gasteiger charge is -2.31. The summed E-state index contributed by atoms with van der Waals surface area (Å²) < 4.78 is 1.91. The van der Waals surface area contributed by atoms with Crippen molar-refractivity contribution in [3.05, 3.63) is 30.0 Å². The average molecular weight is 373 g/mol. The van der Waals surface area contributed by atoms with Gasteiger partial charge in [0.2, 0.25) is 0 Å². The lowest BCUT2D eigenvalue weighted by molar-refractivity contribution is 0.0638. The van der Waals surface area contributed by atoms with Crippen molar-refractivity contribution < 1.29 is 9.90 Å². The van der Waals surface area contributed by atoms with Crippen LogP contribution in [0.2, 0.25) is 0 Å². The minimum Gasteiger partial charge on any atom is -0.390 e. The van der Waals surface area contributed by atoms with Crippen molar-refractivity contribution in [2.45, 2.75) is 77.1 Å². The molecule has 1 aromatic carbocycles. The number of para-hydroxylation sites is 1. The highest BCUT2D eigenvalue weighted by Gasteiger charge is 2.26. The van der Waals surface area contributed by atoms with Crippen molar-refractivity contribution in [1.29, 1.82) is 0 Å². The Morgan fingerprint density at radius 1 is 1.37 bits per heavy atom. The Bertz CT molecular complexity index is 783. The molecule has 1 aliphatic heterocycles. The second-order valence-corrected chi connectivity index (χ2v) is 8.61. The highest BCUT2D eigenvalue weighted by atomic mass is 16.3. The van der Waals surface area contributed by atoms with E-state index in [1.807, 2.05) is 42.8 Å². The third-order valence-corrected chi connectivity index (χ3v) is 5.27. The van der Waals surface area contributed by atoms with E-state index in [-0.39, 0.29) is 18.0 Å². The fourth-order valence-electron chi connectivity index (χ4n) is 3.72. The zero-order chi connectivity index (χ0) is 19.6. The van der Waals surface area contributed by atoms with E-state index in [1.54, 1.807) is 0 Å². The molecular weight excluding hydrogens is 340 g/mol. The number of carbonyl (C=O) groups excluding carboxylic acids is 1. The van der Waals surface area contributed by atoms with Crippen molar-refractivity contribution in [2.75, 3.05) is 6.54 Å². The van der Waals surface area contributed by atoms with E-state index < -0.39 is 5.60 Å². The van der Waals surface area contributed by atoms with Crippen LogP contribution in [0.3, 0.4) is 0 Å². The maximum absolute atomic E-state index is 12.9. The van der Waals surface area contributed by atoms with Crippen molar-refractivity contribution in [3.63, 3.8) is 0 Å². The molecule has 1 saturated heterocycles. The lowest BCUT2D eigenvalue weighted by Crippen LogP contribution is -2.49. The lowest BCUT2D eigenvalue weighted by atomic mass is 9.93. The van der Waals surface area contributed by atoms with Crippen LogP contribution in [0, 0.1) is 0 Å². The van der Waals surface area contributed by atoms with E-state index in [0.717, 1.165) is 43.1 Å². The number of piperidine rings is 1. The summed E-state index contributed by atoms with van der Waals surface area (Å²) in [5.74, 6) is -0.104. The van der Waals surface area contributed by atoms with E-state index in [0.29, 0.717) is 11.7 Å². The number of aromatic nitrogens is 2. The third kappa shape index (κ3) is 4.87. The highest BCUT2D eigenvalue weighted by Crippen LogP contribution is 2.22. The van der Waals surface area contributed by atoms with Gasteiger partial charge in [-0.3, -0.25) is 9.48 Å². The summed E-state index contributed by atoms with van der Waals surface area (Å²) in [5, 5.41) is 22.0. The first-order valence-electron chi connectivity index (χ1n) is 9.98. The smallest absolute Gasteiger partial charge is 0.272 e. The molecule has 0 aliphatic carbocycles. The molecule has 0 bridgehead atoms. The number of rotatable bonds is 6. The van der Waals surface area contributed by atoms with E-state index in [1.165, 1.54) is 0 Å². The van der Waals surface area contributed by atoms with Gasteiger partial charge >= 0.3 is 0 Å². The standard InChI is InChI=1S/C21H32N4O2/c1-14(2)25-18-8-6-5-7-17(18)19(24-25)20(26)23-16-10-9-15(22-13-16)11-12-21(3,4)27/h5-8,14-16,22,27H,9-13H2,1-4H3,(H,23,26)/t15-,16-/m1/s1. The normalized spacial score (nSPS) is 21.0. The van der Waals surface area contributed by atoms with E-state index in [9.17, 15) is 9.90 Å². The molecule has 0 unspecified atom stereocenters. The summed E-state index contributed by atoms with van der Waals surface area (Å²) >= 11 is 0. The summed E-state index contributed by atoms with van der Waals surface area (Å²) in [5.41, 5.74) is 0.873. The second-order valence-electron chi connectivity index (χ2n) is 8.61. The van der Waals surface area contributed by atoms with Crippen LogP contribution in [0.15, 0.2) is 24.3 Å². The van der Waals surface area contributed by atoms with Gasteiger partial charge in [0.25, 0.3) is 5.91 Å². The molecule has 148 valence electrons. The van der Waals surface area contributed by atoms with E-state index in [2.05, 4.69) is 29.6 Å². The van der Waals surface area contributed by atoms with E-state index in [4.69, 9.17) is 0 Å². The molecule has 3 N–H and O–H groups in total. The molecule has 2 atom stereocenters. The first-order chi connectivity index (χ1) is 12.7. The molecule has 3 rings (SSSR count). The summed E-state index contributed by atoms with van der Waals surface area (Å²) in [6.07, 6.45) is 3.67. The Labute approximate surface area is 161 Å². The third-order valence-electron chi connectivity index (χ3n) is 5.27. The number of carbonyl (C=O) groups is 1. The van der Waals surface area contributed by atoms with Crippen LogP contribution in [-0.2, 0) is 0 Å². The summed E-state index contributed by atoms with van der Waals surface area (Å²) in [7, 11) is 0. The number of amides is 1. The first kappa shape index (κ1) is 19.8. The van der Waals surface area contributed by atoms with Crippen LogP contribution in [-0.4, -0.2) is 45.0 Å². The van der Waals surface area contributed by atoms with Gasteiger partial charge in [0.1, 0.15) is 0 Å². The molecule has 27 heavy (non-hydrogen) atoms. The number of fused-ring (bicyclic) bond motifs is 1. The maximum atomic E-state index is 12.9. The number of benzene rings is 1. The molecule has 6 heteroatoms. The van der Waals surface area contributed by atoms with Gasteiger partial charge in [0.15, 0.2) is 5.69 Å². The van der Waals surface area contributed by atoms with Crippen LogP contribution in [0.4, 0.5) is 0 Å². The van der Waals surface area contributed by atoms with Crippen molar-refractivity contribution in [3.8, 4) is 0 Å². The van der Waals surface area contributed by atoms with Crippen LogP contribution < -0.4 is 10.6 Å². The molecule has 0 saturated carbocycles.